The lowest BCUT2D eigenvalue weighted by Gasteiger charge is -2.19. The first-order chi connectivity index (χ1) is 7.31. The van der Waals surface area contributed by atoms with E-state index < -0.39 is 0 Å². The van der Waals surface area contributed by atoms with Crippen molar-refractivity contribution in [2.24, 2.45) is 17.8 Å². The second kappa shape index (κ2) is 5.08. The van der Waals surface area contributed by atoms with Crippen LogP contribution in [0.5, 0.6) is 0 Å². The van der Waals surface area contributed by atoms with Crippen LogP contribution in [0.2, 0.25) is 0 Å². The van der Waals surface area contributed by atoms with Gasteiger partial charge in [-0.05, 0) is 50.7 Å². The van der Waals surface area contributed by atoms with E-state index in [1.165, 1.54) is 25.9 Å². The fraction of sp³-hybridized carbons (Fsp3) is 0.833. The Labute approximate surface area is 92.0 Å². The molecule has 0 aromatic rings. The Hall–Kier alpha value is -0.410. The first-order valence-electron chi connectivity index (χ1n) is 6.04. The normalized spacial score (nSPS) is 36.5. The molecule has 3 heteroatoms. The molecule has 0 aromatic heterocycles. The summed E-state index contributed by atoms with van der Waals surface area (Å²) in [6.07, 6.45) is 5.72. The lowest BCUT2D eigenvalue weighted by atomic mass is 9.97. The summed E-state index contributed by atoms with van der Waals surface area (Å²) in [6.45, 7) is 5.18. The van der Waals surface area contributed by atoms with Crippen LogP contribution in [0.25, 0.3) is 0 Å². The highest BCUT2D eigenvalue weighted by atomic mass is 16.1. The molecule has 1 radical (unpaired) electrons. The molecule has 0 aromatic carbocycles. The number of carbonyl (C=O) groups is 1. The molecule has 85 valence electrons. The van der Waals surface area contributed by atoms with Crippen LogP contribution in [-0.2, 0) is 4.79 Å². The molecule has 0 spiro atoms. The second-order valence-corrected chi connectivity index (χ2v) is 4.91. The van der Waals surface area contributed by atoms with Crippen molar-refractivity contribution in [1.82, 2.24) is 10.6 Å². The predicted molar refractivity (Wildman–Crippen MR) is 60.4 cm³/mol. The van der Waals surface area contributed by atoms with Gasteiger partial charge in [-0.1, -0.05) is 6.92 Å². The summed E-state index contributed by atoms with van der Waals surface area (Å²) in [4.78, 5) is 10.4. The SMILES string of the molecule is CC([CH]CN[C@H]1CC[C@@H]2CNC[C@@H]21)C=O. The molecule has 1 unspecified atom stereocenters. The standard InChI is InChI=1S/C12H21N2O/c1-9(8-15)4-5-14-12-3-2-10-6-13-7-11(10)12/h4,8-14H,2-3,5-7H2,1H3/t9?,10-,11+,12+/m1/s1. The lowest BCUT2D eigenvalue weighted by molar-refractivity contribution is -0.109. The second-order valence-electron chi connectivity index (χ2n) is 4.91. The van der Waals surface area contributed by atoms with Crippen LogP contribution in [0.4, 0.5) is 0 Å². The highest BCUT2D eigenvalue weighted by molar-refractivity contribution is 5.54. The molecule has 2 N–H and O–H groups in total. The summed E-state index contributed by atoms with van der Waals surface area (Å²) in [5.41, 5.74) is 0. The third-order valence-electron chi connectivity index (χ3n) is 3.84. The van der Waals surface area contributed by atoms with Crippen molar-refractivity contribution in [3.05, 3.63) is 6.42 Å². The van der Waals surface area contributed by atoms with Gasteiger partial charge < -0.3 is 15.4 Å². The summed E-state index contributed by atoms with van der Waals surface area (Å²) >= 11 is 0. The van der Waals surface area contributed by atoms with E-state index in [9.17, 15) is 4.79 Å². The summed E-state index contributed by atoms with van der Waals surface area (Å²) in [6, 6.07) is 0.667. The molecule has 1 aliphatic heterocycles. The van der Waals surface area contributed by atoms with Gasteiger partial charge in [0.2, 0.25) is 0 Å². The first-order valence-corrected chi connectivity index (χ1v) is 6.04. The van der Waals surface area contributed by atoms with Crippen molar-refractivity contribution in [1.29, 1.82) is 0 Å². The zero-order valence-corrected chi connectivity index (χ0v) is 9.41. The molecule has 0 bridgehead atoms. The summed E-state index contributed by atoms with van der Waals surface area (Å²) in [7, 11) is 0. The van der Waals surface area contributed by atoms with Gasteiger partial charge in [0.25, 0.3) is 0 Å². The molecular weight excluding hydrogens is 188 g/mol. The highest BCUT2D eigenvalue weighted by Gasteiger charge is 2.38. The van der Waals surface area contributed by atoms with Crippen LogP contribution in [0, 0.1) is 24.2 Å². The van der Waals surface area contributed by atoms with Crippen LogP contribution < -0.4 is 10.6 Å². The predicted octanol–water partition coefficient (Wildman–Crippen LogP) is 0.613. The van der Waals surface area contributed by atoms with Crippen molar-refractivity contribution in [3.63, 3.8) is 0 Å². The molecular formula is C12H21N2O. The Bertz CT molecular complexity index is 220. The van der Waals surface area contributed by atoms with E-state index >= 15 is 0 Å². The van der Waals surface area contributed by atoms with Crippen LogP contribution in [0.1, 0.15) is 19.8 Å². The van der Waals surface area contributed by atoms with Gasteiger partial charge in [-0.25, -0.2) is 0 Å². The topological polar surface area (TPSA) is 41.1 Å². The van der Waals surface area contributed by atoms with Crippen LogP contribution in [-0.4, -0.2) is 32.0 Å². The van der Waals surface area contributed by atoms with Gasteiger partial charge in [-0.3, -0.25) is 0 Å². The van der Waals surface area contributed by atoms with E-state index in [-0.39, 0.29) is 5.92 Å². The molecule has 3 nitrogen and oxygen atoms in total. The number of aldehydes is 1. The Morgan fingerprint density at radius 3 is 3.13 bits per heavy atom. The minimum absolute atomic E-state index is 0.0800. The van der Waals surface area contributed by atoms with E-state index in [1.807, 2.05) is 6.92 Å². The number of rotatable bonds is 5. The van der Waals surface area contributed by atoms with Gasteiger partial charge >= 0.3 is 0 Å². The molecule has 1 saturated carbocycles. The third-order valence-corrected chi connectivity index (χ3v) is 3.84. The van der Waals surface area contributed by atoms with E-state index in [0.717, 1.165) is 24.7 Å². The van der Waals surface area contributed by atoms with Gasteiger partial charge in [-0.2, -0.15) is 0 Å². The van der Waals surface area contributed by atoms with E-state index in [2.05, 4.69) is 17.1 Å². The Kier molecular flexibility index (Phi) is 3.76. The molecule has 4 atom stereocenters. The van der Waals surface area contributed by atoms with E-state index in [0.29, 0.717) is 6.04 Å². The minimum Gasteiger partial charge on any atom is -0.316 e. The van der Waals surface area contributed by atoms with Gasteiger partial charge in [0.05, 0.1) is 0 Å². The Morgan fingerprint density at radius 1 is 1.47 bits per heavy atom. The van der Waals surface area contributed by atoms with Crippen molar-refractivity contribution in [2.75, 3.05) is 19.6 Å². The molecule has 1 heterocycles. The first kappa shape index (κ1) is 11.1. The van der Waals surface area contributed by atoms with Crippen molar-refractivity contribution in [3.8, 4) is 0 Å². The van der Waals surface area contributed by atoms with Crippen molar-refractivity contribution in [2.45, 2.75) is 25.8 Å². The number of hydrogen-bond acceptors (Lipinski definition) is 3. The molecule has 2 aliphatic rings. The monoisotopic (exact) mass is 209 g/mol. The zero-order valence-electron chi connectivity index (χ0n) is 9.41. The smallest absolute Gasteiger partial charge is 0.123 e. The fourth-order valence-electron chi connectivity index (χ4n) is 2.86. The van der Waals surface area contributed by atoms with Crippen molar-refractivity contribution >= 4 is 6.29 Å². The maximum atomic E-state index is 10.4. The van der Waals surface area contributed by atoms with Gasteiger partial charge in [0.15, 0.2) is 0 Å². The maximum Gasteiger partial charge on any atom is 0.123 e. The third kappa shape index (κ3) is 2.58. The summed E-state index contributed by atoms with van der Waals surface area (Å²) < 4.78 is 0. The number of hydrogen-bond donors (Lipinski definition) is 2. The van der Waals surface area contributed by atoms with Gasteiger partial charge in [0.1, 0.15) is 6.29 Å². The highest BCUT2D eigenvalue weighted by Crippen LogP contribution is 2.34. The number of nitrogens with one attached hydrogen (secondary N) is 2. The van der Waals surface area contributed by atoms with E-state index in [4.69, 9.17) is 0 Å². The summed E-state index contributed by atoms with van der Waals surface area (Å²) in [5, 5.41) is 7.02. The quantitative estimate of drug-likeness (QED) is 0.652. The number of carbonyl (C=O) groups excluding carboxylic acids is 1. The fourth-order valence-corrected chi connectivity index (χ4v) is 2.86. The average Bonchev–Trinajstić information content (AvgIpc) is 2.81. The molecule has 1 saturated heterocycles. The van der Waals surface area contributed by atoms with Crippen LogP contribution in [0.3, 0.4) is 0 Å². The van der Waals surface area contributed by atoms with Crippen LogP contribution in [0.15, 0.2) is 0 Å². The molecule has 2 rings (SSSR count). The zero-order chi connectivity index (χ0) is 10.7. The molecule has 1 aliphatic carbocycles. The molecule has 0 amide bonds. The van der Waals surface area contributed by atoms with Crippen molar-refractivity contribution < 1.29 is 4.79 Å². The van der Waals surface area contributed by atoms with Crippen LogP contribution >= 0.6 is 0 Å². The van der Waals surface area contributed by atoms with Gasteiger partial charge in [-0.15, -0.1) is 0 Å². The minimum atomic E-state index is 0.0800. The Balaban J connectivity index is 1.69. The lowest BCUT2D eigenvalue weighted by Crippen LogP contribution is -2.36. The molecule has 15 heavy (non-hydrogen) atoms. The maximum absolute atomic E-state index is 10.4. The Morgan fingerprint density at radius 2 is 2.33 bits per heavy atom. The molecule has 2 fully saturated rings. The summed E-state index contributed by atoms with van der Waals surface area (Å²) in [5.74, 6) is 1.80. The van der Waals surface area contributed by atoms with Gasteiger partial charge in [0, 0.05) is 12.0 Å². The van der Waals surface area contributed by atoms with E-state index in [1.54, 1.807) is 0 Å². The largest absolute Gasteiger partial charge is 0.316 e. The average molecular weight is 209 g/mol. The number of fused-ring (bicyclic) bond motifs is 1.